The van der Waals surface area contributed by atoms with Crippen LogP contribution in [0, 0.1) is 0 Å². The van der Waals surface area contributed by atoms with Gasteiger partial charge < -0.3 is 0 Å². The molecule has 1 aromatic carbocycles. The summed E-state index contributed by atoms with van der Waals surface area (Å²) in [6, 6.07) is 7.54. The first-order chi connectivity index (χ1) is 7.68. The van der Waals surface area contributed by atoms with Crippen LogP contribution in [0.15, 0.2) is 29.2 Å². The Morgan fingerprint density at radius 1 is 1.12 bits per heavy atom. The number of hydrogen-bond acceptors (Lipinski definition) is 3. The predicted molar refractivity (Wildman–Crippen MR) is 62.0 cm³/mol. The molecule has 2 aliphatic heterocycles. The Morgan fingerprint density at radius 2 is 1.81 bits per heavy atom. The van der Waals surface area contributed by atoms with Crippen LogP contribution < -0.4 is 0 Å². The normalized spacial score (nSPS) is 28.1. The Bertz CT molecular complexity index is 504. The van der Waals surface area contributed by atoms with E-state index in [0.717, 1.165) is 18.7 Å². The molecule has 0 radical (unpaired) electrons. The molecule has 0 saturated carbocycles. The number of likely N-dealkylation sites (tertiary alicyclic amines) is 1. The van der Waals surface area contributed by atoms with E-state index in [1.165, 1.54) is 12.8 Å². The Hall–Kier alpha value is -0.870. The van der Waals surface area contributed by atoms with Crippen molar-refractivity contribution in [2.24, 2.45) is 0 Å². The molecule has 0 amide bonds. The fourth-order valence-corrected chi connectivity index (χ4v) is 4.62. The highest BCUT2D eigenvalue weighted by molar-refractivity contribution is 7.91. The molecule has 1 saturated heterocycles. The van der Waals surface area contributed by atoms with Crippen molar-refractivity contribution < 1.29 is 8.42 Å². The van der Waals surface area contributed by atoms with E-state index in [4.69, 9.17) is 0 Å². The van der Waals surface area contributed by atoms with Crippen LogP contribution in [0.4, 0.5) is 0 Å². The molecule has 0 aromatic heterocycles. The van der Waals surface area contributed by atoms with Gasteiger partial charge in [-0.05, 0) is 37.6 Å². The van der Waals surface area contributed by atoms with E-state index < -0.39 is 9.84 Å². The van der Waals surface area contributed by atoms with Gasteiger partial charge in [0, 0.05) is 0 Å². The molecule has 2 heterocycles. The average molecular weight is 237 g/mol. The zero-order valence-electron chi connectivity index (χ0n) is 9.09. The van der Waals surface area contributed by atoms with Crippen molar-refractivity contribution in [2.45, 2.75) is 23.8 Å². The van der Waals surface area contributed by atoms with Crippen molar-refractivity contribution in [2.75, 3.05) is 18.8 Å². The van der Waals surface area contributed by atoms with Crippen LogP contribution in [0.3, 0.4) is 0 Å². The Labute approximate surface area is 96.0 Å². The summed E-state index contributed by atoms with van der Waals surface area (Å²) in [6.07, 6.45) is 2.39. The van der Waals surface area contributed by atoms with Gasteiger partial charge in [-0.3, -0.25) is 4.90 Å². The minimum Gasteiger partial charge on any atom is -0.295 e. The summed E-state index contributed by atoms with van der Waals surface area (Å²) in [5.41, 5.74) is 1.00. The third-order valence-corrected chi connectivity index (χ3v) is 5.37. The predicted octanol–water partition coefficient (Wildman–Crippen LogP) is 1.61. The van der Waals surface area contributed by atoms with Crippen LogP contribution in [0.5, 0.6) is 0 Å². The second kappa shape index (κ2) is 3.57. The van der Waals surface area contributed by atoms with Crippen LogP contribution in [0.2, 0.25) is 0 Å². The Morgan fingerprint density at radius 3 is 2.56 bits per heavy atom. The molecule has 1 atom stereocenters. The van der Waals surface area contributed by atoms with E-state index >= 15 is 0 Å². The average Bonchev–Trinajstić information content (AvgIpc) is 2.86. The standard InChI is InChI=1S/C12H15NO2S/c14-16(15)9-11(13-7-3-4-8-13)10-5-1-2-6-12(10)16/h1-2,5-6,11H,3-4,7-9H2. The lowest BCUT2D eigenvalue weighted by molar-refractivity contribution is 0.267. The summed E-state index contributed by atoms with van der Waals surface area (Å²) in [5.74, 6) is 0.270. The SMILES string of the molecule is O=S1(=O)CC(N2CCCC2)c2ccccc21. The largest absolute Gasteiger partial charge is 0.295 e. The van der Waals surface area contributed by atoms with E-state index in [0.29, 0.717) is 4.90 Å². The number of nitrogens with zero attached hydrogens (tertiary/aromatic N) is 1. The van der Waals surface area contributed by atoms with Crippen LogP contribution in [-0.4, -0.2) is 32.2 Å². The van der Waals surface area contributed by atoms with Gasteiger partial charge in [0.15, 0.2) is 9.84 Å². The maximum Gasteiger partial charge on any atom is 0.180 e. The summed E-state index contributed by atoms with van der Waals surface area (Å²) < 4.78 is 24.0. The van der Waals surface area contributed by atoms with Gasteiger partial charge in [-0.15, -0.1) is 0 Å². The van der Waals surface area contributed by atoms with Gasteiger partial charge >= 0.3 is 0 Å². The number of benzene rings is 1. The van der Waals surface area contributed by atoms with Gasteiger partial charge in [0.25, 0.3) is 0 Å². The van der Waals surface area contributed by atoms with Gasteiger partial charge in [-0.1, -0.05) is 18.2 Å². The lowest BCUT2D eigenvalue weighted by Gasteiger charge is -2.22. The Kier molecular flexibility index (Phi) is 2.30. The van der Waals surface area contributed by atoms with Gasteiger partial charge in [0.1, 0.15) is 0 Å². The fourth-order valence-electron chi connectivity index (χ4n) is 2.78. The second-order valence-corrected chi connectivity index (χ2v) is 6.58. The molecule has 0 N–H and O–H groups in total. The van der Waals surface area contributed by atoms with Crippen molar-refractivity contribution in [1.29, 1.82) is 0 Å². The molecule has 3 rings (SSSR count). The number of hydrogen-bond donors (Lipinski definition) is 0. The van der Waals surface area contributed by atoms with Crippen LogP contribution >= 0.6 is 0 Å². The smallest absolute Gasteiger partial charge is 0.180 e. The zero-order chi connectivity index (χ0) is 11.2. The first kappa shape index (κ1) is 10.3. The van der Waals surface area contributed by atoms with Crippen molar-refractivity contribution >= 4 is 9.84 Å². The summed E-state index contributed by atoms with van der Waals surface area (Å²) in [7, 11) is -3.03. The van der Waals surface area contributed by atoms with Gasteiger partial charge in [-0.25, -0.2) is 8.42 Å². The molecule has 0 aliphatic carbocycles. The third kappa shape index (κ3) is 1.48. The molecule has 4 heteroatoms. The highest BCUT2D eigenvalue weighted by Crippen LogP contribution is 2.38. The molecule has 0 bridgehead atoms. The second-order valence-electron chi connectivity index (χ2n) is 4.58. The first-order valence-corrected chi connectivity index (χ1v) is 7.39. The van der Waals surface area contributed by atoms with Gasteiger partial charge in [-0.2, -0.15) is 0 Å². The van der Waals surface area contributed by atoms with E-state index in [2.05, 4.69) is 4.90 Å². The minimum absolute atomic E-state index is 0.101. The van der Waals surface area contributed by atoms with E-state index in [1.54, 1.807) is 6.07 Å². The van der Waals surface area contributed by atoms with Crippen molar-refractivity contribution in [3.05, 3.63) is 29.8 Å². The van der Waals surface area contributed by atoms with Crippen LogP contribution in [-0.2, 0) is 9.84 Å². The van der Waals surface area contributed by atoms with Crippen molar-refractivity contribution in [3.63, 3.8) is 0 Å². The molecule has 86 valence electrons. The lowest BCUT2D eigenvalue weighted by atomic mass is 10.1. The molecule has 1 unspecified atom stereocenters. The molecule has 16 heavy (non-hydrogen) atoms. The number of fused-ring (bicyclic) bond motifs is 1. The van der Waals surface area contributed by atoms with Crippen molar-refractivity contribution in [3.8, 4) is 0 Å². The maximum absolute atomic E-state index is 12.0. The summed E-state index contributed by atoms with van der Waals surface area (Å²) in [6.45, 7) is 2.07. The monoisotopic (exact) mass is 237 g/mol. The first-order valence-electron chi connectivity index (χ1n) is 5.74. The summed E-state index contributed by atoms with van der Waals surface area (Å²) in [4.78, 5) is 2.86. The van der Waals surface area contributed by atoms with Crippen molar-refractivity contribution in [1.82, 2.24) is 4.90 Å². The molecule has 3 nitrogen and oxygen atoms in total. The van der Waals surface area contributed by atoms with Crippen LogP contribution in [0.1, 0.15) is 24.4 Å². The van der Waals surface area contributed by atoms with E-state index in [9.17, 15) is 8.42 Å². The molecule has 0 spiro atoms. The topological polar surface area (TPSA) is 37.4 Å². The van der Waals surface area contributed by atoms with Gasteiger partial charge in [0.05, 0.1) is 16.7 Å². The Balaban J connectivity index is 2.05. The van der Waals surface area contributed by atoms with E-state index in [1.807, 2.05) is 18.2 Å². The quantitative estimate of drug-likeness (QED) is 0.744. The molecular formula is C12H15NO2S. The third-order valence-electron chi connectivity index (χ3n) is 3.57. The maximum atomic E-state index is 12.0. The highest BCUT2D eigenvalue weighted by atomic mass is 32.2. The van der Waals surface area contributed by atoms with Crippen LogP contribution in [0.25, 0.3) is 0 Å². The molecule has 2 aliphatic rings. The summed E-state index contributed by atoms with van der Waals surface area (Å²) in [5, 5.41) is 0. The zero-order valence-corrected chi connectivity index (χ0v) is 9.91. The van der Waals surface area contributed by atoms with E-state index in [-0.39, 0.29) is 11.8 Å². The highest BCUT2D eigenvalue weighted by Gasteiger charge is 2.38. The minimum atomic E-state index is -3.03. The molecule has 1 aromatic rings. The number of sulfone groups is 1. The molecule has 1 fully saturated rings. The lowest BCUT2D eigenvalue weighted by Crippen LogP contribution is -2.26. The fraction of sp³-hybridized carbons (Fsp3) is 0.500. The summed E-state index contributed by atoms with van der Waals surface area (Å²) >= 11 is 0. The molecular weight excluding hydrogens is 222 g/mol. The van der Waals surface area contributed by atoms with Gasteiger partial charge in [0.2, 0.25) is 0 Å². The number of rotatable bonds is 1.